The Balaban J connectivity index is 1.41. The van der Waals surface area contributed by atoms with Gasteiger partial charge in [-0.1, -0.05) is 12.1 Å². The third-order valence-corrected chi connectivity index (χ3v) is 6.27. The number of nitrogens with one attached hydrogen (secondary N) is 3. The van der Waals surface area contributed by atoms with E-state index in [1.807, 2.05) is 13.0 Å². The van der Waals surface area contributed by atoms with Crippen LogP contribution in [0.2, 0.25) is 0 Å². The van der Waals surface area contributed by atoms with E-state index in [9.17, 15) is 14.0 Å². The first-order chi connectivity index (χ1) is 16.0. The minimum Gasteiger partial charge on any atom is -0.493 e. The van der Waals surface area contributed by atoms with Crippen LogP contribution in [0.3, 0.4) is 0 Å². The molecule has 1 aliphatic rings. The fraction of sp³-hybridized carbons (Fsp3) is 0.261. The third-order valence-electron chi connectivity index (χ3n) is 5.06. The number of hydrazone groups is 1. The van der Waals surface area contributed by atoms with Crippen molar-refractivity contribution in [2.24, 2.45) is 5.10 Å². The summed E-state index contributed by atoms with van der Waals surface area (Å²) < 4.78 is 25.4. The molecule has 10 heteroatoms. The Kier molecular flexibility index (Phi) is 6.85. The molecule has 172 valence electrons. The summed E-state index contributed by atoms with van der Waals surface area (Å²) in [7, 11) is 1.49. The lowest BCUT2D eigenvalue weighted by Gasteiger charge is -2.16. The zero-order valence-electron chi connectivity index (χ0n) is 18.2. The molecule has 2 amide bonds. The number of hydrogen-bond donors (Lipinski definition) is 3. The number of methoxy groups -OCH3 is 1. The van der Waals surface area contributed by atoms with Crippen LogP contribution in [0.4, 0.5) is 4.39 Å². The van der Waals surface area contributed by atoms with E-state index in [0.717, 1.165) is 15.8 Å². The Hall–Kier alpha value is -3.50. The highest BCUT2D eigenvalue weighted by Gasteiger charge is 2.23. The number of thiophene rings is 1. The lowest BCUT2D eigenvalue weighted by atomic mass is 10.0. The van der Waals surface area contributed by atoms with E-state index in [1.165, 1.54) is 24.5 Å². The largest absolute Gasteiger partial charge is 0.493 e. The van der Waals surface area contributed by atoms with Gasteiger partial charge in [-0.15, -0.1) is 11.3 Å². The monoisotopic (exact) mass is 470 g/mol. The van der Waals surface area contributed by atoms with Crippen LogP contribution in [0.1, 0.15) is 27.7 Å². The fourth-order valence-electron chi connectivity index (χ4n) is 3.57. The molecule has 0 bridgehead atoms. The van der Waals surface area contributed by atoms with E-state index in [1.54, 1.807) is 24.3 Å². The Morgan fingerprint density at radius 2 is 2.06 bits per heavy atom. The SMILES string of the molecule is CCOc1ccc(C(=O)NCC(=O)N/N=C2\CNCc3sc4c(F)cccc4c32)cc1OC. The maximum Gasteiger partial charge on any atom is 0.259 e. The first-order valence-electron chi connectivity index (χ1n) is 10.4. The van der Waals surface area contributed by atoms with Crippen LogP contribution in [0.15, 0.2) is 41.5 Å². The Bertz CT molecular complexity index is 1240. The van der Waals surface area contributed by atoms with Crippen LogP contribution in [0.5, 0.6) is 11.5 Å². The van der Waals surface area contributed by atoms with E-state index < -0.39 is 11.8 Å². The second kappa shape index (κ2) is 9.97. The summed E-state index contributed by atoms with van der Waals surface area (Å²) in [4.78, 5) is 25.7. The zero-order chi connectivity index (χ0) is 23.4. The van der Waals surface area contributed by atoms with Gasteiger partial charge >= 0.3 is 0 Å². The van der Waals surface area contributed by atoms with Gasteiger partial charge in [-0.05, 0) is 31.2 Å². The highest BCUT2D eigenvalue weighted by molar-refractivity contribution is 7.19. The molecule has 0 aliphatic carbocycles. The van der Waals surface area contributed by atoms with Gasteiger partial charge in [-0.2, -0.15) is 5.10 Å². The molecule has 0 fully saturated rings. The third kappa shape index (κ3) is 4.81. The maximum absolute atomic E-state index is 14.2. The van der Waals surface area contributed by atoms with Gasteiger partial charge in [-0.25, -0.2) is 9.82 Å². The second-order valence-electron chi connectivity index (χ2n) is 7.20. The average Bonchev–Trinajstić information content (AvgIpc) is 3.22. The molecule has 0 saturated heterocycles. The van der Waals surface area contributed by atoms with Crippen molar-refractivity contribution in [3.05, 3.63) is 58.2 Å². The van der Waals surface area contributed by atoms with Gasteiger partial charge in [0.05, 0.1) is 30.7 Å². The van der Waals surface area contributed by atoms with Crippen molar-refractivity contribution < 1.29 is 23.5 Å². The molecule has 2 heterocycles. The van der Waals surface area contributed by atoms with Crippen molar-refractivity contribution in [1.29, 1.82) is 0 Å². The molecule has 3 aromatic rings. The summed E-state index contributed by atoms with van der Waals surface area (Å²) in [6.07, 6.45) is 0. The number of benzene rings is 2. The quantitative estimate of drug-likeness (QED) is 0.461. The van der Waals surface area contributed by atoms with Gasteiger partial charge in [0.1, 0.15) is 5.82 Å². The van der Waals surface area contributed by atoms with Crippen molar-refractivity contribution in [3.8, 4) is 11.5 Å². The molecule has 1 aliphatic heterocycles. The zero-order valence-corrected chi connectivity index (χ0v) is 19.0. The molecule has 0 unspecified atom stereocenters. The molecule has 0 spiro atoms. The smallest absolute Gasteiger partial charge is 0.259 e. The molecule has 4 rings (SSSR count). The molecule has 2 aromatic carbocycles. The lowest BCUT2D eigenvalue weighted by molar-refractivity contribution is -0.120. The Morgan fingerprint density at radius 3 is 2.85 bits per heavy atom. The lowest BCUT2D eigenvalue weighted by Crippen LogP contribution is -2.37. The first kappa shape index (κ1) is 22.7. The topological polar surface area (TPSA) is 101 Å². The number of carbonyl (C=O) groups excluding carboxylic acids is 2. The number of hydrogen-bond acceptors (Lipinski definition) is 7. The van der Waals surface area contributed by atoms with Gasteiger partial charge in [0.25, 0.3) is 11.8 Å². The van der Waals surface area contributed by atoms with Gasteiger partial charge in [0.15, 0.2) is 11.5 Å². The number of amides is 2. The van der Waals surface area contributed by atoms with Crippen LogP contribution < -0.4 is 25.5 Å². The number of carbonyl (C=O) groups is 2. The highest BCUT2D eigenvalue weighted by Crippen LogP contribution is 2.35. The van der Waals surface area contributed by atoms with Crippen LogP contribution in [0.25, 0.3) is 10.1 Å². The fourth-order valence-corrected chi connectivity index (χ4v) is 4.76. The van der Waals surface area contributed by atoms with Crippen LogP contribution in [0, 0.1) is 5.82 Å². The van der Waals surface area contributed by atoms with Gasteiger partial charge in [0, 0.05) is 34.5 Å². The number of nitrogens with zero attached hydrogens (tertiary/aromatic N) is 1. The van der Waals surface area contributed by atoms with Gasteiger partial charge < -0.3 is 20.1 Å². The maximum atomic E-state index is 14.2. The summed E-state index contributed by atoms with van der Waals surface area (Å²) in [5.74, 6) is -0.220. The summed E-state index contributed by atoms with van der Waals surface area (Å²) in [5, 5.41) is 10.8. The minimum atomic E-state index is -0.480. The van der Waals surface area contributed by atoms with Crippen LogP contribution >= 0.6 is 11.3 Å². The summed E-state index contributed by atoms with van der Waals surface area (Å²) in [5.41, 5.74) is 4.27. The number of fused-ring (bicyclic) bond motifs is 3. The highest BCUT2D eigenvalue weighted by atomic mass is 32.1. The molecule has 8 nitrogen and oxygen atoms in total. The standard InChI is InChI=1S/C23H23FN4O4S/c1-3-32-17-8-7-13(9-18(17)31-2)23(30)26-12-20(29)28-27-16-10-25-11-19-21(16)14-5-4-6-15(24)22(14)33-19/h4-9,25H,3,10-12H2,1-2H3,(H,26,30)(H,28,29)/b27-16+. The Morgan fingerprint density at radius 1 is 1.21 bits per heavy atom. The summed E-state index contributed by atoms with van der Waals surface area (Å²) >= 11 is 1.38. The molecule has 0 radical (unpaired) electrons. The average molecular weight is 471 g/mol. The summed E-state index contributed by atoms with van der Waals surface area (Å²) in [6, 6.07) is 9.73. The molecular weight excluding hydrogens is 447 g/mol. The number of ether oxygens (including phenoxy) is 2. The van der Waals surface area contributed by atoms with Crippen molar-refractivity contribution in [3.63, 3.8) is 0 Å². The molecule has 3 N–H and O–H groups in total. The van der Waals surface area contributed by atoms with Crippen LogP contribution in [-0.2, 0) is 11.3 Å². The number of halogens is 1. The summed E-state index contributed by atoms with van der Waals surface area (Å²) in [6.45, 7) is 3.12. The normalized spacial score (nSPS) is 14.1. The molecule has 0 saturated carbocycles. The van der Waals surface area contributed by atoms with Crippen molar-refractivity contribution in [2.75, 3.05) is 26.8 Å². The first-order valence-corrected chi connectivity index (χ1v) is 11.2. The molecule has 0 atom stereocenters. The predicted molar refractivity (Wildman–Crippen MR) is 125 cm³/mol. The number of rotatable bonds is 7. The van der Waals surface area contributed by atoms with E-state index in [4.69, 9.17) is 9.47 Å². The molecule has 33 heavy (non-hydrogen) atoms. The van der Waals surface area contributed by atoms with Gasteiger partial charge in [-0.3, -0.25) is 9.59 Å². The van der Waals surface area contributed by atoms with E-state index in [-0.39, 0.29) is 12.4 Å². The van der Waals surface area contributed by atoms with Crippen molar-refractivity contribution in [2.45, 2.75) is 13.5 Å². The molecular formula is C23H23FN4O4S. The van der Waals surface area contributed by atoms with Gasteiger partial charge in [0.2, 0.25) is 0 Å². The van der Waals surface area contributed by atoms with E-state index >= 15 is 0 Å². The van der Waals surface area contributed by atoms with Crippen molar-refractivity contribution in [1.82, 2.24) is 16.1 Å². The molecule has 1 aromatic heterocycles. The van der Waals surface area contributed by atoms with E-state index in [2.05, 4.69) is 21.2 Å². The van der Waals surface area contributed by atoms with Crippen molar-refractivity contribution >= 4 is 38.9 Å². The second-order valence-corrected chi connectivity index (χ2v) is 8.30. The van der Waals surface area contributed by atoms with Crippen LogP contribution in [-0.4, -0.2) is 44.3 Å². The predicted octanol–water partition coefficient (Wildman–Crippen LogP) is 2.80. The van der Waals surface area contributed by atoms with E-state index in [0.29, 0.717) is 47.2 Å². The minimum absolute atomic E-state index is 0.259. The Labute approximate surface area is 193 Å².